The van der Waals surface area contributed by atoms with Gasteiger partial charge in [-0.1, -0.05) is 30.3 Å². The highest BCUT2D eigenvalue weighted by molar-refractivity contribution is 7.99. The van der Waals surface area contributed by atoms with E-state index in [4.69, 9.17) is 16.3 Å². The minimum Gasteiger partial charge on any atom is -0.376 e. The third-order valence-corrected chi connectivity index (χ3v) is 5.37. The van der Waals surface area contributed by atoms with E-state index in [0.717, 1.165) is 49.0 Å². The van der Waals surface area contributed by atoms with E-state index in [1.807, 2.05) is 24.3 Å². The van der Waals surface area contributed by atoms with Crippen molar-refractivity contribution in [3.8, 4) is 11.4 Å². The van der Waals surface area contributed by atoms with Crippen LogP contribution in [0, 0.1) is 0 Å². The van der Waals surface area contributed by atoms with Crippen molar-refractivity contribution in [3.05, 3.63) is 29.3 Å². The summed E-state index contributed by atoms with van der Waals surface area (Å²) in [5.41, 5.74) is 0.963. The van der Waals surface area contributed by atoms with E-state index in [9.17, 15) is 4.79 Å². The zero-order chi connectivity index (χ0) is 18.4. The molecule has 1 fully saturated rings. The molecule has 0 radical (unpaired) electrons. The molecule has 0 saturated carbocycles. The van der Waals surface area contributed by atoms with Gasteiger partial charge in [-0.3, -0.25) is 4.79 Å². The molecule has 1 N–H and O–H groups in total. The molecule has 1 saturated heterocycles. The van der Waals surface area contributed by atoms with Gasteiger partial charge in [0.05, 0.1) is 11.9 Å². The third-order valence-electron chi connectivity index (χ3n) is 4.15. The molecule has 140 valence electrons. The Balaban J connectivity index is 1.61. The van der Waals surface area contributed by atoms with Gasteiger partial charge in [-0.25, -0.2) is 0 Å². The highest BCUT2D eigenvalue weighted by Crippen LogP contribution is 2.25. The number of amides is 1. The Morgan fingerprint density at radius 3 is 2.88 bits per heavy atom. The average molecular weight is 395 g/mol. The Bertz CT molecular complexity index is 729. The summed E-state index contributed by atoms with van der Waals surface area (Å²) in [5, 5.41) is 13.0. The first kappa shape index (κ1) is 19.2. The molecule has 8 heteroatoms. The van der Waals surface area contributed by atoms with Crippen LogP contribution in [-0.2, 0) is 16.1 Å². The van der Waals surface area contributed by atoms with Gasteiger partial charge in [0.25, 0.3) is 0 Å². The summed E-state index contributed by atoms with van der Waals surface area (Å²) in [7, 11) is 0. The first-order valence-corrected chi connectivity index (χ1v) is 10.2. The second-order valence-electron chi connectivity index (χ2n) is 6.19. The molecule has 1 atom stereocenters. The first-order valence-electron chi connectivity index (χ1n) is 8.87. The fraction of sp³-hybridized carbons (Fsp3) is 0.500. The van der Waals surface area contributed by atoms with Crippen LogP contribution in [0.3, 0.4) is 0 Å². The summed E-state index contributed by atoms with van der Waals surface area (Å²) in [5.74, 6) is 1.10. The lowest BCUT2D eigenvalue weighted by atomic mass is 10.2. The van der Waals surface area contributed by atoms with Gasteiger partial charge in [0.2, 0.25) is 5.91 Å². The maximum atomic E-state index is 12.1. The summed E-state index contributed by atoms with van der Waals surface area (Å²) in [6.45, 7) is 4.28. The van der Waals surface area contributed by atoms with Crippen LogP contribution in [0.2, 0.25) is 5.02 Å². The standard InChI is InChI=1S/C18H23ClN4O2S/c1-2-9-23-17(13-5-7-14(19)8-6-13)21-22-18(23)26-12-16(24)20-11-15-4-3-10-25-15/h5-8,15H,2-4,9-12H2,1H3,(H,20,24). The molecule has 0 bridgehead atoms. The van der Waals surface area contributed by atoms with E-state index in [1.165, 1.54) is 11.8 Å². The molecule has 3 rings (SSSR count). The fourth-order valence-corrected chi connectivity index (χ4v) is 3.77. The molecule has 1 aromatic heterocycles. The summed E-state index contributed by atoms with van der Waals surface area (Å²) >= 11 is 7.37. The van der Waals surface area contributed by atoms with Crippen molar-refractivity contribution < 1.29 is 9.53 Å². The SMILES string of the molecule is CCCn1c(SCC(=O)NCC2CCCO2)nnc1-c1ccc(Cl)cc1. The smallest absolute Gasteiger partial charge is 0.230 e. The third kappa shape index (κ3) is 4.99. The Hall–Kier alpha value is -1.57. The quantitative estimate of drug-likeness (QED) is 0.695. The minimum atomic E-state index is -0.00964. The van der Waals surface area contributed by atoms with Crippen molar-refractivity contribution in [2.75, 3.05) is 18.9 Å². The molecule has 0 spiro atoms. The fourth-order valence-electron chi connectivity index (χ4n) is 2.85. The Kier molecular flexibility index (Phi) is 6.93. The van der Waals surface area contributed by atoms with Crippen LogP contribution in [0.4, 0.5) is 0 Å². The van der Waals surface area contributed by atoms with Crippen molar-refractivity contribution in [2.45, 2.75) is 44.0 Å². The maximum Gasteiger partial charge on any atom is 0.230 e. The number of nitrogens with zero attached hydrogens (tertiary/aromatic N) is 3. The molecule has 0 aliphatic carbocycles. The lowest BCUT2D eigenvalue weighted by molar-refractivity contribution is -0.119. The van der Waals surface area contributed by atoms with Gasteiger partial charge in [0.1, 0.15) is 0 Å². The van der Waals surface area contributed by atoms with Crippen LogP contribution >= 0.6 is 23.4 Å². The number of carbonyl (C=O) groups excluding carboxylic acids is 1. The van der Waals surface area contributed by atoms with E-state index in [0.29, 0.717) is 17.3 Å². The predicted molar refractivity (Wildman–Crippen MR) is 103 cm³/mol. The summed E-state index contributed by atoms with van der Waals surface area (Å²) in [4.78, 5) is 12.1. The molecule has 2 heterocycles. The van der Waals surface area contributed by atoms with Gasteiger partial charge in [0, 0.05) is 30.3 Å². The van der Waals surface area contributed by atoms with E-state index in [1.54, 1.807) is 0 Å². The van der Waals surface area contributed by atoms with Crippen molar-refractivity contribution in [2.24, 2.45) is 0 Å². The first-order chi connectivity index (χ1) is 12.7. The normalized spacial score (nSPS) is 16.8. The summed E-state index contributed by atoms with van der Waals surface area (Å²) in [6.07, 6.45) is 3.20. The van der Waals surface area contributed by atoms with Gasteiger partial charge in [-0.2, -0.15) is 0 Å². The van der Waals surface area contributed by atoms with Crippen LogP contribution in [0.1, 0.15) is 26.2 Å². The Morgan fingerprint density at radius 1 is 1.38 bits per heavy atom. The number of thioether (sulfide) groups is 1. The molecule has 1 aliphatic heterocycles. The number of rotatable bonds is 8. The monoisotopic (exact) mass is 394 g/mol. The summed E-state index contributed by atoms with van der Waals surface area (Å²) < 4.78 is 7.58. The van der Waals surface area contributed by atoms with Gasteiger partial charge < -0.3 is 14.6 Å². The molecule has 1 amide bonds. The number of benzene rings is 1. The van der Waals surface area contributed by atoms with Crippen molar-refractivity contribution >= 4 is 29.3 Å². The zero-order valence-corrected chi connectivity index (χ0v) is 16.4. The van der Waals surface area contributed by atoms with E-state index >= 15 is 0 Å². The topological polar surface area (TPSA) is 69.0 Å². The van der Waals surface area contributed by atoms with Crippen molar-refractivity contribution in [1.29, 1.82) is 0 Å². The van der Waals surface area contributed by atoms with Crippen LogP contribution in [0.25, 0.3) is 11.4 Å². The second-order valence-corrected chi connectivity index (χ2v) is 7.57. The van der Waals surface area contributed by atoms with Crippen LogP contribution < -0.4 is 5.32 Å². The van der Waals surface area contributed by atoms with Crippen LogP contribution in [0.15, 0.2) is 29.4 Å². The Morgan fingerprint density at radius 2 is 2.19 bits per heavy atom. The number of hydrogen-bond acceptors (Lipinski definition) is 5. The van der Waals surface area contributed by atoms with Gasteiger partial charge >= 0.3 is 0 Å². The van der Waals surface area contributed by atoms with E-state index in [-0.39, 0.29) is 12.0 Å². The highest BCUT2D eigenvalue weighted by Gasteiger charge is 2.18. The molecule has 26 heavy (non-hydrogen) atoms. The zero-order valence-electron chi connectivity index (χ0n) is 14.8. The van der Waals surface area contributed by atoms with Crippen molar-refractivity contribution in [3.63, 3.8) is 0 Å². The molecule has 6 nitrogen and oxygen atoms in total. The van der Waals surface area contributed by atoms with Gasteiger partial charge in [0.15, 0.2) is 11.0 Å². The number of hydrogen-bond donors (Lipinski definition) is 1. The molecule has 1 unspecified atom stereocenters. The predicted octanol–water partition coefficient (Wildman–Crippen LogP) is 3.40. The number of nitrogens with one attached hydrogen (secondary N) is 1. The largest absolute Gasteiger partial charge is 0.376 e. The average Bonchev–Trinajstić information content (AvgIpc) is 3.29. The van der Waals surface area contributed by atoms with Crippen LogP contribution in [-0.4, -0.2) is 45.7 Å². The highest BCUT2D eigenvalue weighted by atomic mass is 35.5. The number of aromatic nitrogens is 3. The lowest BCUT2D eigenvalue weighted by Gasteiger charge is -2.11. The molecule has 2 aromatic rings. The number of carbonyl (C=O) groups is 1. The van der Waals surface area contributed by atoms with E-state index < -0.39 is 0 Å². The van der Waals surface area contributed by atoms with Gasteiger partial charge in [-0.05, 0) is 43.5 Å². The molecular formula is C18H23ClN4O2S. The number of halogens is 1. The second kappa shape index (κ2) is 9.39. The molecular weight excluding hydrogens is 372 g/mol. The molecule has 1 aliphatic rings. The lowest BCUT2D eigenvalue weighted by Crippen LogP contribution is -2.32. The maximum absolute atomic E-state index is 12.1. The summed E-state index contributed by atoms with van der Waals surface area (Å²) in [6, 6.07) is 7.54. The van der Waals surface area contributed by atoms with E-state index in [2.05, 4.69) is 27.0 Å². The molecule has 1 aromatic carbocycles. The minimum absolute atomic E-state index is 0.00964. The van der Waals surface area contributed by atoms with Crippen molar-refractivity contribution in [1.82, 2.24) is 20.1 Å². The number of ether oxygens (including phenoxy) is 1. The van der Waals surface area contributed by atoms with Gasteiger partial charge in [-0.15, -0.1) is 10.2 Å². The Labute approximate surface area is 162 Å². The van der Waals surface area contributed by atoms with Crippen LogP contribution in [0.5, 0.6) is 0 Å².